The van der Waals surface area contributed by atoms with Crippen LogP contribution in [0, 0.1) is 11.8 Å². The minimum Gasteiger partial charge on any atom is -0.341 e. The molecule has 0 saturated heterocycles. The smallest absolute Gasteiger partial charge is 0.239 e. The average Bonchev–Trinajstić information content (AvgIpc) is 2.37. The van der Waals surface area contributed by atoms with E-state index in [0.717, 1.165) is 32.4 Å². The standard InChI is InChI=1S/C14H30N2O/c1-6-11(5)13(15)14(17)16(9-4)10-12(7-2)8-3/h11-13H,6-10,15H2,1-5H3/t11?,13-/m0/s1. The Balaban J connectivity index is 4.49. The SMILES string of the molecule is CCC(CC)CN(CC)C(=O)[C@@H](N)C(C)CC. The monoisotopic (exact) mass is 242 g/mol. The number of nitrogens with two attached hydrogens (primary N) is 1. The molecule has 0 fully saturated rings. The number of rotatable bonds is 8. The number of carbonyl (C=O) groups excluding carboxylic acids is 1. The molecule has 0 heterocycles. The van der Waals surface area contributed by atoms with Crippen LogP contribution in [0.15, 0.2) is 0 Å². The molecule has 0 aromatic carbocycles. The molecule has 3 nitrogen and oxygen atoms in total. The molecule has 17 heavy (non-hydrogen) atoms. The summed E-state index contributed by atoms with van der Waals surface area (Å²) in [7, 11) is 0. The third kappa shape index (κ3) is 5.07. The fraction of sp³-hybridized carbons (Fsp3) is 0.929. The Labute approximate surface area is 107 Å². The van der Waals surface area contributed by atoms with E-state index in [1.807, 2.05) is 18.7 Å². The van der Waals surface area contributed by atoms with Crippen LogP contribution in [-0.4, -0.2) is 29.9 Å². The lowest BCUT2D eigenvalue weighted by molar-refractivity contribution is -0.134. The van der Waals surface area contributed by atoms with Crippen LogP contribution in [0.3, 0.4) is 0 Å². The van der Waals surface area contributed by atoms with Crippen LogP contribution in [0.2, 0.25) is 0 Å². The van der Waals surface area contributed by atoms with Crippen molar-refractivity contribution in [1.82, 2.24) is 4.90 Å². The van der Waals surface area contributed by atoms with Crippen molar-refractivity contribution in [3.63, 3.8) is 0 Å². The number of hydrogen-bond acceptors (Lipinski definition) is 2. The quantitative estimate of drug-likeness (QED) is 0.711. The lowest BCUT2D eigenvalue weighted by Crippen LogP contribution is -2.48. The first-order valence-corrected chi connectivity index (χ1v) is 7.05. The second-order valence-corrected chi connectivity index (χ2v) is 4.97. The van der Waals surface area contributed by atoms with Crippen LogP contribution in [-0.2, 0) is 4.79 Å². The molecule has 102 valence electrons. The maximum Gasteiger partial charge on any atom is 0.239 e. The number of likely N-dealkylation sites (N-methyl/N-ethyl adjacent to an activating group) is 1. The second kappa shape index (κ2) is 8.51. The lowest BCUT2D eigenvalue weighted by Gasteiger charge is -2.29. The molecule has 1 amide bonds. The molecule has 0 aliphatic carbocycles. The van der Waals surface area contributed by atoms with Gasteiger partial charge in [0.1, 0.15) is 0 Å². The summed E-state index contributed by atoms with van der Waals surface area (Å²) in [6.45, 7) is 12.1. The summed E-state index contributed by atoms with van der Waals surface area (Å²) in [5, 5.41) is 0. The van der Waals surface area contributed by atoms with Crippen LogP contribution in [0.1, 0.15) is 53.9 Å². The minimum atomic E-state index is -0.339. The molecule has 0 rings (SSSR count). The van der Waals surface area contributed by atoms with Gasteiger partial charge in [-0.1, -0.05) is 47.0 Å². The van der Waals surface area contributed by atoms with Gasteiger partial charge < -0.3 is 10.6 Å². The molecule has 0 aliphatic heterocycles. The molecule has 0 aromatic heterocycles. The van der Waals surface area contributed by atoms with Crippen LogP contribution in [0.4, 0.5) is 0 Å². The van der Waals surface area contributed by atoms with Crippen LogP contribution >= 0.6 is 0 Å². The Morgan fingerprint density at radius 2 is 1.65 bits per heavy atom. The van der Waals surface area contributed by atoms with Gasteiger partial charge in [-0.3, -0.25) is 4.79 Å². The topological polar surface area (TPSA) is 46.3 Å². The van der Waals surface area contributed by atoms with E-state index in [4.69, 9.17) is 5.73 Å². The highest BCUT2D eigenvalue weighted by molar-refractivity contribution is 5.81. The minimum absolute atomic E-state index is 0.119. The van der Waals surface area contributed by atoms with Gasteiger partial charge in [0.05, 0.1) is 6.04 Å². The Morgan fingerprint density at radius 3 is 2.00 bits per heavy atom. The van der Waals surface area contributed by atoms with Crippen LogP contribution < -0.4 is 5.73 Å². The predicted octanol–water partition coefficient (Wildman–Crippen LogP) is 2.64. The third-order valence-electron chi connectivity index (χ3n) is 3.87. The summed E-state index contributed by atoms with van der Waals surface area (Å²) in [5.41, 5.74) is 6.02. The van der Waals surface area contributed by atoms with E-state index in [-0.39, 0.29) is 17.9 Å². The third-order valence-corrected chi connectivity index (χ3v) is 3.87. The summed E-state index contributed by atoms with van der Waals surface area (Å²) in [6.07, 6.45) is 3.20. The normalized spacial score (nSPS) is 14.8. The zero-order valence-electron chi connectivity index (χ0n) is 12.2. The number of carbonyl (C=O) groups is 1. The molecule has 1 unspecified atom stereocenters. The van der Waals surface area contributed by atoms with E-state index in [9.17, 15) is 4.79 Å². The molecular weight excluding hydrogens is 212 g/mol. The van der Waals surface area contributed by atoms with Crippen molar-refractivity contribution in [3.8, 4) is 0 Å². The van der Waals surface area contributed by atoms with Gasteiger partial charge in [-0.05, 0) is 18.8 Å². The van der Waals surface area contributed by atoms with Crippen LogP contribution in [0.5, 0.6) is 0 Å². The molecule has 0 spiro atoms. The lowest BCUT2D eigenvalue weighted by atomic mass is 9.97. The van der Waals surface area contributed by atoms with Crippen molar-refractivity contribution < 1.29 is 4.79 Å². The van der Waals surface area contributed by atoms with Crippen LogP contribution in [0.25, 0.3) is 0 Å². The first-order valence-electron chi connectivity index (χ1n) is 7.05. The fourth-order valence-corrected chi connectivity index (χ4v) is 1.94. The molecule has 0 radical (unpaired) electrons. The molecule has 3 heteroatoms. The van der Waals surface area contributed by atoms with E-state index in [1.54, 1.807) is 0 Å². The van der Waals surface area contributed by atoms with Crippen molar-refractivity contribution in [3.05, 3.63) is 0 Å². The van der Waals surface area contributed by atoms with Gasteiger partial charge in [0.25, 0.3) is 0 Å². The van der Waals surface area contributed by atoms with Gasteiger partial charge in [-0.2, -0.15) is 0 Å². The molecular formula is C14H30N2O. The zero-order chi connectivity index (χ0) is 13.4. The summed E-state index contributed by atoms with van der Waals surface area (Å²) >= 11 is 0. The molecule has 0 saturated carbocycles. The highest BCUT2D eigenvalue weighted by Crippen LogP contribution is 2.13. The molecule has 0 bridgehead atoms. The van der Waals surface area contributed by atoms with E-state index < -0.39 is 0 Å². The highest BCUT2D eigenvalue weighted by atomic mass is 16.2. The highest BCUT2D eigenvalue weighted by Gasteiger charge is 2.25. The van der Waals surface area contributed by atoms with Gasteiger partial charge in [0.15, 0.2) is 0 Å². The first kappa shape index (κ1) is 16.4. The van der Waals surface area contributed by atoms with Crippen molar-refractivity contribution >= 4 is 5.91 Å². The van der Waals surface area contributed by atoms with Gasteiger partial charge in [-0.15, -0.1) is 0 Å². The zero-order valence-corrected chi connectivity index (χ0v) is 12.2. The molecule has 0 aromatic rings. The number of amides is 1. The maximum atomic E-state index is 12.2. The average molecular weight is 242 g/mol. The summed E-state index contributed by atoms with van der Waals surface area (Å²) in [4.78, 5) is 14.2. The summed E-state index contributed by atoms with van der Waals surface area (Å²) in [5.74, 6) is 0.982. The molecule has 2 atom stereocenters. The Morgan fingerprint density at radius 1 is 1.12 bits per heavy atom. The second-order valence-electron chi connectivity index (χ2n) is 4.97. The van der Waals surface area contributed by atoms with E-state index >= 15 is 0 Å². The van der Waals surface area contributed by atoms with Gasteiger partial charge in [0, 0.05) is 13.1 Å². The van der Waals surface area contributed by atoms with Gasteiger partial charge in [-0.25, -0.2) is 0 Å². The Bertz CT molecular complexity index is 214. The van der Waals surface area contributed by atoms with E-state index in [1.165, 1.54) is 0 Å². The predicted molar refractivity (Wildman–Crippen MR) is 73.8 cm³/mol. The van der Waals surface area contributed by atoms with Gasteiger partial charge in [0.2, 0.25) is 5.91 Å². The first-order chi connectivity index (χ1) is 8.01. The van der Waals surface area contributed by atoms with Crippen molar-refractivity contribution in [1.29, 1.82) is 0 Å². The largest absolute Gasteiger partial charge is 0.341 e. The van der Waals surface area contributed by atoms with E-state index in [2.05, 4.69) is 20.8 Å². The summed E-state index contributed by atoms with van der Waals surface area (Å²) in [6, 6.07) is -0.339. The Kier molecular flexibility index (Phi) is 8.23. The van der Waals surface area contributed by atoms with Crippen molar-refractivity contribution in [2.75, 3.05) is 13.1 Å². The molecule has 2 N–H and O–H groups in total. The van der Waals surface area contributed by atoms with Crippen molar-refractivity contribution in [2.24, 2.45) is 17.6 Å². The van der Waals surface area contributed by atoms with Gasteiger partial charge >= 0.3 is 0 Å². The van der Waals surface area contributed by atoms with E-state index in [0.29, 0.717) is 5.92 Å². The number of nitrogens with zero attached hydrogens (tertiary/aromatic N) is 1. The van der Waals surface area contributed by atoms with Crippen molar-refractivity contribution in [2.45, 2.75) is 59.9 Å². The summed E-state index contributed by atoms with van der Waals surface area (Å²) < 4.78 is 0. The number of hydrogen-bond donors (Lipinski definition) is 1. The molecule has 0 aliphatic rings. The Hall–Kier alpha value is -0.570. The maximum absolute atomic E-state index is 12.2. The fourth-order valence-electron chi connectivity index (χ4n) is 1.94.